The van der Waals surface area contributed by atoms with Crippen molar-refractivity contribution in [3.63, 3.8) is 0 Å². The number of esters is 1. The normalized spacial score (nSPS) is 19.4. The fourth-order valence-corrected chi connectivity index (χ4v) is 3.73. The summed E-state index contributed by atoms with van der Waals surface area (Å²) in [6.07, 6.45) is 5.05. The maximum Gasteiger partial charge on any atom is 0.359 e. The van der Waals surface area contributed by atoms with Crippen LogP contribution < -0.4 is 10.9 Å². The van der Waals surface area contributed by atoms with Crippen molar-refractivity contribution >= 4 is 22.6 Å². The zero-order valence-corrected chi connectivity index (χ0v) is 16.4. The Hall–Kier alpha value is -2.70. The van der Waals surface area contributed by atoms with Crippen molar-refractivity contribution < 1.29 is 14.3 Å². The monoisotopic (exact) mass is 385 g/mol. The number of hydrogen-bond donors (Lipinski definition) is 1. The first-order chi connectivity index (χ1) is 13.5. The highest BCUT2D eigenvalue weighted by Gasteiger charge is 2.24. The Morgan fingerprint density at radius 1 is 1.21 bits per heavy atom. The Morgan fingerprint density at radius 3 is 2.64 bits per heavy atom. The third-order valence-corrected chi connectivity index (χ3v) is 5.29. The highest BCUT2D eigenvalue weighted by atomic mass is 16.5. The average molecular weight is 385 g/mol. The summed E-state index contributed by atoms with van der Waals surface area (Å²) in [7, 11) is 0. The van der Waals surface area contributed by atoms with Crippen LogP contribution >= 0.6 is 0 Å². The van der Waals surface area contributed by atoms with E-state index in [4.69, 9.17) is 4.74 Å². The minimum Gasteiger partial charge on any atom is -0.451 e. The summed E-state index contributed by atoms with van der Waals surface area (Å²) in [6.45, 7) is 4.11. The highest BCUT2D eigenvalue weighted by Crippen LogP contribution is 2.23. The van der Waals surface area contributed by atoms with Crippen LogP contribution in [0.4, 0.5) is 0 Å². The molecule has 28 heavy (non-hydrogen) atoms. The largest absolute Gasteiger partial charge is 0.451 e. The molecule has 1 amide bonds. The second-order valence-electron chi connectivity index (χ2n) is 7.43. The van der Waals surface area contributed by atoms with E-state index in [1.807, 2.05) is 6.92 Å². The van der Waals surface area contributed by atoms with Gasteiger partial charge in [0.05, 0.1) is 5.39 Å². The molecule has 2 atom stereocenters. The molecular weight excluding hydrogens is 358 g/mol. The minimum absolute atomic E-state index is 0.0579. The first kappa shape index (κ1) is 20.0. The van der Waals surface area contributed by atoms with Crippen molar-refractivity contribution in [2.75, 3.05) is 6.61 Å². The van der Waals surface area contributed by atoms with Crippen LogP contribution in [-0.2, 0) is 16.1 Å². The molecule has 3 rings (SSSR count). The van der Waals surface area contributed by atoms with E-state index >= 15 is 0 Å². The van der Waals surface area contributed by atoms with Crippen molar-refractivity contribution in [1.29, 1.82) is 0 Å². The van der Waals surface area contributed by atoms with E-state index in [1.54, 1.807) is 24.3 Å². The van der Waals surface area contributed by atoms with Crippen LogP contribution in [0.5, 0.6) is 0 Å². The standard InChI is InChI=1S/C21H27N3O4/c1-3-12-24-20(26)16-10-6-5-9-15(16)19(23-24)21(27)28-13-18(25)22-17-11-7-4-8-14(17)2/h5-6,9-10,14,17H,3-4,7-8,11-13H2,1-2H3,(H,22,25). The van der Waals surface area contributed by atoms with E-state index in [0.29, 0.717) is 29.7 Å². The molecule has 150 valence electrons. The lowest BCUT2D eigenvalue weighted by molar-refractivity contribution is -0.125. The molecule has 1 aromatic carbocycles. The first-order valence-corrected chi connectivity index (χ1v) is 9.97. The number of amides is 1. The SMILES string of the molecule is CCCn1nc(C(=O)OCC(=O)NC2CCCCC2C)c2ccccc2c1=O. The van der Waals surface area contributed by atoms with E-state index < -0.39 is 5.97 Å². The first-order valence-electron chi connectivity index (χ1n) is 9.97. The maximum absolute atomic E-state index is 12.6. The van der Waals surface area contributed by atoms with Gasteiger partial charge in [0, 0.05) is 18.0 Å². The van der Waals surface area contributed by atoms with Gasteiger partial charge in [-0.1, -0.05) is 44.9 Å². The molecule has 0 spiro atoms. The second-order valence-corrected chi connectivity index (χ2v) is 7.43. The van der Waals surface area contributed by atoms with E-state index in [2.05, 4.69) is 17.3 Å². The van der Waals surface area contributed by atoms with Gasteiger partial charge in [-0.25, -0.2) is 9.48 Å². The van der Waals surface area contributed by atoms with Gasteiger partial charge in [-0.15, -0.1) is 0 Å². The molecule has 1 heterocycles. The fourth-order valence-electron chi connectivity index (χ4n) is 3.73. The van der Waals surface area contributed by atoms with Gasteiger partial charge < -0.3 is 10.1 Å². The Labute approximate surface area is 164 Å². The molecule has 1 fully saturated rings. The Bertz CT molecular complexity index is 921. The van der Waals surface area contributed by atoms with Gasteiger partial charge in [0.2, 0.25) is 0 Å². The minimum atomic E-state index is -0.701. The molecule has 1 saturated carbocycles. The number of aryl methyl sites for hydroxylation is 1. The number of benzene rings is 1. The number of ether oxygens (including phenoxy) is 1. The number of aromatic nitrogens is 2. The molecule has 7 heteroatoms. The molecule has 1 aliphatic carbocycles. The van der Waals surface area contributed by atoms with Gasteiger partial charge in [0.15, 0.2) is 12.3 Å². The molecule has 1 aliphatic rings. The summed E-state index contributed by atoms with van der Waals surface area (Å²) < 4.78 is 6.50. The van der Waals surface area contributed by atoms with Crippen LogP contribution in [0, 0.1) is 5.92 Å². The fraction of sp³-hybridized carbons (Fsp3) is 0.524. The zero-order chi connectivity index (χ0) is 20.1. The van der Waals surface area contributed by atoms with Crippen LogP contribution in [0.2, 0.25) is 0 Å². The highest BCUT2D eigenvalue weighted by molar-refractivity contribution is 6.02. The average Bonchev–Trinajstić information content (AvgIpc) is 2.70. The number of carbonyl (C=O) groups is 2. The van der Waals surface area contributed by atoms with Crippen molar-refractivity contribution in [1.82, 2.24) is 15.1 Å². The van der Waals surface area contributed by atoms with Gasteiger partial charge in [-0.2, -0.15) is 5.10 Å². The molecule has 0 bridgehead atoms. The molecule has 7 nitrogen and oxygen atoms in total. The lowest BCUT2D eigenvalue weighted by Crippen LogP contribution is -2.43. The van der Waals surface area contributed by atoms with Gasteiger partial charge in [-0.05, 0) is 31.2 Å². The lowest BCUT2D eigenvalue weighted by Gasteiger charge is -2.29. The molecule has 2 aromatic rings. The Kier molecular flexibility index (Phi) is 6.44. The van der Waals surface area contributed by atoms with Crippen molar-refractivity contribution in [2.45, 2.75) is 58.5 Å². The van der Waals surface area contributed by atoms with E-state index in [0.717, 1.165) is 19.3 Å². The van der Waals surface area contributed by atoms with Gasteiger partial charge >= 0.3 is 5.97 Å². The lowest BCUT2D eigenvalue weighted by atomic mass is 9.86. The number of hydrogen-bond acceptors (Lipinski definition) is 5. The number of nitrogens with zero attached hydrogens (tertiary/aromatic N) is 2. The summed E-state index contributed by atoms with van der Waals surface area (Å²) in [5.41, 5.74) is -0.180. The third kappa shape index (κ3) is 4.40. The number of fused-ring (bicyclic) bond motifs is 1. The summed E-state index contributed by atoms with van der Waals surface area (Å²) >= 11 is 0. The number of rotatable bonds is 6. The number of carbonyl (C=O) groups excluding carboxylic acids is 2. The van der Waals surface area contributed by atoms with E-state index in [9.17, 15) is 14.4 Å². The Balaban J connectivity index is 1.73. The van der Waals surface area contributed by atoms with Crippen LogP contribution in [-0.4, -0.2) is 34.3 Å². The second kappa shape index (κ2) is 8.99. The van der Waals surface area contributed by atoms with Gasteiger partial charge in [0.1, 0.15) is 0 Å². The van der Waals surface area contributed by atoms with Crippen LogP contribution in [0.3, 0.4) is 0 Å². The smallest absolute Gasteiger partial charge is 0.359 e. The van der Waals surface area contributed by atoms with Gasteiger partial charge in [-0.3, -0.25) is 9.59 Å². The summed E-state index contributed by atoms with van der Waals surface area (Å²) in [5, 5.41) is 8.01. The summed E-state index contributed by atoms with van der Waals surface area (Å²) in [6, 6.07) is 6.94. The predicted octanol–water partition coefficient (Wildman–Crippen LogP) is 2.66. The molecule has 1 N–H and O–H groups in total. The van der Waals surface area contributed by atoms with Gasteiger partial charge in [0.25, 0.3) is 11.5 Å². The molecule has 0 aliphatic heterocycles. The third-order valence-electron chi connectivity index (χ3n) is 5.29. The Morgan fingerprint density at radius 2 is 1.93 bits per heavy atom. The summed E-state index contributed by atoms with van der Waals surface area (Å²) in [4.78, 5) is 37.3. The molecular formula is C21H27N3O4. The van der Waals surface area contributed by atoms with Crippen LogP contribution in [0.15, 0.2) is 29.1 Å². The van der Waals surface area contributed by atoms with Crippen LogP contribution in [0.25, 0.3) is 10.8 Å². The maximum atomic E-state index is 12.6. The van der Waals surface area contributed by atoms with Crippen molar-refractivity contribution in [2.24, 2.45) is 5.92 Å². The number of nitrogens with one attached hydrogen (secondary N) is 1. The predicted molar refractivity (Wildman–Crippen MR) is 106 cm³/mol. The molecule has 2 unspecified atom stereocenters. The van der Waals surface area contributed by atoms with Crippen LogP contribution in [0.1, 0.15) is 56.4 Å². The zero-order valence-electron chi connectivity index (χ0n) is 16.4. The van der Waals surface area contributed by atoms with E-state index in [1.165, 1.54) is 11.1 Å². The van der Waals surface area contributed by atoms with E-state index in [-0.39, 0.29) is 29.8 Å². The topological polar surface area (TPSA) is 90.3 Å². The molecule has 0 saturated heterocycles. The summed E-state index contributed by atoms with van der Waals surface area (Å²) in [5.74, 6) is -0.581. The van der Waals surface area contributed by atoms with Crippen molar-refractivity contribution in [3.05, 3.63) is 40.3 Å². The molecule has 0 radical (unpaired) electrons. The van der Waals surface area contributed by atoms with Crippen molar-refractivity contribution in [3.8, 4) is 0 Å². The molecule has 1 aromatic heterocycles. The quantitative estimate of drug-likeness (QED) is 0.772.